The lowest BCUT2D eigenvalue weighted by atomic mass is 10.1. The van der Waals surface area contributed by atoms with Gasteiger partial charge in [0.15, 0.2) is 0 Å². The van der Waals surface area contributed by atoms with Gasteiger partial charge >= 0.3 is 0 Å². The standard InChI is InChI=1S/C15H19N3OS/c1-10-11(2)20-14(18-10)7-8-17-15(19)13-5-3-12(9-16)4-6-13/h3-6H,7-9,16H2,1-2H3,(H,17,19). The van der Waals surface area contributed by atoms with Crippen LogP contribution in [0.5, 0.6) is 0 Å². The fraction of sp³-hybridized carbons (Fsp3) is 0.333. The third kappa shape index (κ3) is 3.65. The molecule has 0 fully saturated rings. The molecule has 0 bridgehead atoms. The molecule has 1 heterocycles. The summed E-state index contributed by atoms with van der Waals surface area (Å²) >= 11 is 1.69. The van der Waals surface area contributed by atoms with Gasteiger partial charge in [-0.15, -0.1) is 11.3 Å². The molecule has 0 atom stereocenters. The van der Waals surface area contributed by atoms with Crippen LogP contribution in [0.1, 0.15) is 31.5 Å². The first kappa shape index (κ1) is 14.7. The molecule has 4 nitrogen and oxygen atoms in total. The average Bonchev–Trinajstić information content (AvgIpc) is 2.77. The lowest BCUT2D eigenvalue weighted by Gasteiger charge is -2.04. The minimum atomic E-state index is -0.0569. The molecule has 0 spiro atoms. The number of carbonyl (C=O) groups excluding carboxylic acids is 1. The van der Waals surface area contributed by atoms with E-state index in [4.69, 9.17) is 5.73 Å². The summed E-state index contributed by atoms with van der Waals surface area (Å²) in [5, 5.41) is 3.98. The first-order chi connectivity index (χ1) is 9.60. The number of amides is 1. The molecule has 0 radical (unpaired) electrons. The molecule has 0 aliphatic carbocycles. The number of thiazole rings is 1. The summed E-state index contributed by atoms with van der Waals surface area (Å²) in [5.41, 5.74) is 8.29. The van der Waals surface area contributed by atoms with Crippen molar-refractivity contribution in [2.45, 2.75) is 26.8 Å². The normalized spacial score (nSPS) is 10.6. The Balaban J connectivity index is 1.85. The predicted molar refractivity (Wildman–Crippen MR) is 82.0 cm³/mol. The van der Waals surface area contributed by atoms with Gasteiger partial charge in [-0.25, -0.2) is 4.98 Å². The molecule has 0 aliphatic heterocycles. The van der Waals surface area contributed by atoms with Crippen molar-refractivity contribution in [3.63, 3.8) is 0 Å². The number of nitrogens with zero attached hydrogens (tertiary/aromatic N) is 1. The zero-order valence-electron chi connectivity index (χ0n) is 11.8. The first-order valence-corrected chi connectivity index (χ1v) is 7.42. The Kier molecular flexibility index (Phi) is 4.87. The summed E-state index contributed by atoms with van der Waals surface area (Å²) in [4.78, 5) is 17.6. The van der Waals surface area contributed by atoms with Crippen LogP contribution >= 0.6 is 11.3 Å². The van der Waals surface area contributed by atoms with E-state index in [2.05, 4.69) is 17.2 Å². The molecule has 106 valence electrons. The molecule has 5 heteroatoms. The van der Waals surface area contributed by atoms with Crippen molar-refractivity contribution in [1.29, 1.82) is 0 Å². The van der Waals surface area contributed by atoms with E-state index in [1.807, 2.05) is 19.1 Å². The lowest BCUT2D eigenvalue weighted by molar-refractivity contribution is 0.0954. The number of benzene rings is 1. The minimum absolute atomic E-state index is 0.0569. The number of rotatable bonds is 5. The highest BCUT2D eigenvalue weighted by Gasteiger charge is 2.07. The molecular weight excluding hydrogens is 270 g/mol. The molecule has 3 N–H and O–H groups in total. The van der Waals surface area contributed by atoms with E-state index in [0.29, 0.717) is 18.7 Å². The maximum absolute atomic E-state index is 11.9. The number of nitrogens with two attached hydrogens (primary N) is 1. The maximum Gasteiger partial charge on any atom is 0.251 e. The Bertz CT molecular complexity index is 570. The van der Waals surface area contributed by atoms with Crippen molar-refractivity contribution >= 4 is 17.2 Å². The molecule has 2 rings (SSSR count). The van der Waals surface area contributed by atoms with Gasteiger partial charge in [0, 0.05) is 30.0 Å². The van der Waals surface area contributed by atoms with Gasteiger partial charge in [0.2, 0.25) is 0 Å². The monoisotopic (exact) mass is 289 g/mol. The Labute approximate surface area is 123 Å². The fourth-order valence-electron chi connectivity index (χ4n) is 1.82. The molecule has 0 saturated carbocycles. The van der Waals surface area contributed by atoms with Crippen LogP contribution in [-0.2, 0) is 13.0 Å². The van der Waals surface area contributed by atoms with E-state index in [9.17, 15) is 4.79 Å². The van der Waals surface area contributed by atoms with E-state index in [0.717, 1.165) is 22.7 Å². The molecule has 1 amide bonds. The van der Waals surface area contributed by atoms with Crippen LogP contribution < -0.4 is 11.1 Å². The highest BCUT2D eigenvalue weighted by Crippen LogP contribution is 2.16. The van der Waals surface area contributed by atoms with Crippen molar-refractivity contribution in [3.05, 3.63) is 51.0 Å². The van der Waals surface area contributed by atoms with Gasteiger partial charge < -0.3 is 11.1 Å². The highest BCUT2D eigenvalue weighted by molar-refractivity contribution is 7.11. The largest absolute Gasteiger partial charge is 0.352 e. The molecule has 2 aromatic rings. The van der Waals surface area contributed by atoms with Gasteiger partial charge in [-0.3, -0.25) is 4.79 Å². The summed E-state index contributed by atoms with van der Waals surface area (Å²) in [6.07, 6.45) is 0.770. The second-order valence-electron chi connectivity index (χ2n) is 4.66. The van der Waals surface area contributed by atoms with E-state index in [1.54, 1.807) is 23.5 Å². The summed E-state index contributed by atoms with van der Waals surface area (Å²) in [6, 6.07) is 7.36. The summed E-state index contributed by atoms with van der Waals surface area (Å²) in [5.74, 6) is -0.0569. The number of hydrogen-bond acceptors (Lipinski definition) is 4. The molecule has 1 aromatic heterocycles. The van der Waals surface area contributed by atoms with Gasteiger partial charge in [-0.2, -0.15) is 0 Å². The first-order valence-electron chi connectivity index (χ1n) is 6.60. The van der Waals surface area contributed by atoms with Crippen molar-refractivity contribution < 1.29 is 4.79 Å². The topological polar surface area (TPSA) is 68.0 Å². The van der Waals surface area contributed by atoms with Crippen molar-refractivity contribution in [2.24, 2.45) is 5.73 Å². The Morgan fingerprint density at radius 2 is 2.00 bits per heavy atom. The van der Waals surface area contributed by atoms with Crippen LogP contribution in [0.2, 0.25) is 0 Å². The fourth-order valence-corrected chi connectivity index (χ4v) is 2.76. The van der Waals surface area contributed by atoms with Gasteiger partial charge in [0.05, 0.1) is 10.7 Å². The van der Waals surface area contributed by atoms with Gasteiger partial charge in [0.25, 0.3) is 5.91 Å². The number of hydrogen-bond donors (Lipinski definition) is 2. The number of aryl methyl sites for hydroxylation is 2. The molecule has 0 aliphatic rings. The molecule has 20 heavy (non-hydrogen) atoms. The van der Waals surface area contributed by atoms with E-state index < -0.39 is 0 Å². The molecular formula is C15H19N3OS. The third-order valence-corrected chi connectivity index (χ3v) is 4.28. The molecule has 1 aromatic carbocycles. The Morgan fingerprint density at radius 1 is 1.30 bits per heavy atom. The lowest BCUT2D eigenvalue weighted by Crippen LogP contribution is -2.25. The van der Waals surface area contributed by atoms with Crippen LogP contribution in [0.15, 0.2) is 24.3 Å². The van der Waals surface area contributed by atoms with E-state index >= 15 is 0 Å². The van der Waals surface area contributed by atoms with Crippen molar-refractivity contribution in [2.75, 3.05) is 6.54 Å². The van der Waals surface area contributed by atoms with Crippen LogP contribution in [0.25, 0.3) is 0 Å². The number of carbonyl (C=O) groups is 1. The molecule has 0 unspecified atom stereocenters. The summed E-state index contributed by atoms with van der Waals surface area (Å²) in [6.45, 7) is 5.16. The van der Waals surface area contributed by atoms with Gasteiger partial charge in [-0.1, -0.05) is 12.1 Å². The maximum atomic E-state index is 11.9. The van der Waals surface area contributed by atoms with Crippen LogP contribution in [0.3, 0.4) is 0 Å². The Hall–Kier alpha value is -1.72. The quantitative estimate of drug-likeness (QED) is 0.886. The van der Waals surface area contributed by atoms with Crippen LogP contribution in [0, 0.1) is 13.8 Å². The van der Waals surface area contributed by atoms with Gasteiger partial charge in [0.1, 0.15) is 0 Å². The Morgan fingerprint density at radius 3 is 2.55 bits per heavy atom. The molecule has 0 saturated heterocycles. The zero-order valence-corrected chi connectivity index (χ0v) is 12.6. The third-order valence-electron chi connectivity index (χ3n) is 3.15. The second kappa shape index (κ2) is 6.63. The SMILES string of the molecule is Cc1nc(CCNC(=O)c2ccc(CN)cc2)sc1C. The predicted octanol–water partition coefficient (Wildman–Crippen LogP) is 2.19. The van der Waals surface area contributed by atoms with Crippen LogP contribution in [-0.4, -0.2) is 17.4 Å². The van der Waals surface area contributed by atoms with E-state index in [-0.39, 0.29) is 5.91 Å². The summed E-state index contributed by atoms with van der Waals surface area (Å²) in [7, 11) is 0. The average molecular weight is 289 g/mol. The highest BCUT2D eigenvalue weighted by atomic mass is 32.1. The van der Waals surface area contributed by atoms with Crippen molar-refractivity contribution in [3.8, 4) is 0 Å². The second-order valence-corrected chi connectivity index (χ2v) is 5.94. The number of nitrogens with one attached hydrogen (secondary N) is 1. The zero-order chi connectivity index (χ0) is 14.5. The number of aromatic nitrogens is 1. The van der Waals surface area contributed by atoms with Crippen molar-refractivity contribution in [1.82, 2.24) is 10.3 Å². The van der Waals surface area contributed by atoms with E-state index in [1.165, 1.54) is 4.88 Å². The minimum Gasteiger partial charge on any atom is -0.352 e. The summed E-state index contributed by atoms with van der Waals surface area (Å²) < 4.78 is 0. The van der Waals surface area contributed by atoms with Gasteiger partial charge in [-0.05, 0) is 31.5 Å². The smallest absolute Gasteiger partial charge is 0.251 e. The van der Waals surface area contributed by atoms with Crippen LogP contribution in [0.4, 0.5) is 0 Å².